The van der Waals surface area contributed by atoms with Crippen molar-refractivity contribution in [3.05, 3.63) is 80.6 Å². The molecule has 4 aromatic rings. The summed E-state index contributed by atoms with van der Waals surface area (Å²) in [6.45, 7) is 2.93. The number of rotatable bonds is 4. The van der Waals surface area contributed by atoms with Crippen LogP contribution in [0.25, 0.3) is 10.2 Å². The van der Waals surface area contributed by atoms with Gasteiger partial charge < -0.3 is 14.3 Å². The molecule has 1 amide bonds. The molecule has 32 heavy (non-hydrogen) atoms. The van der Waals surface area contributed by atoms with Crippen molar-refractivity contribution in [2.24, 2.45) is 0 Å². The average molecular weight is 453 g/mol. The number of hydrogen-bond donors (Lipinski definition) is 1. The lowest BCUT2D eigenvalue weighted by Gasteiger charge is -2.31. The van der Waals surface area contributed by atoms with Crippen LogP contribution in [0, 0.1) is 12.7 Å². The number of thiophene rings is 1. The zero-order chi connectivity index (χ0) is 22.2. The van der Waals surface area contributed by atoms with Crippen LogP contribution in [0.4, 0.5) is 4.39 Å². The number of likely N-dealkylation sites (tertiary alicyclic amines) is 1. The summed E-state index contributed by atoms with van der Waals surface area (Å²) < 4.78 is 19.4. The Bertz CT molecular complexity index is 1360. The molecule has 5 rings (SSSR count). The maximum atomic E-state index is 13.4. The van der Waals surface area contributed by atoms with Gasteiger partial charge in [-0.3, -0.25) is 9.59 Å². The first kappa shape index (κ1) is 20.6. The van der Waals surface area contributed by atoms with Crippen LogP contribution in [0.1, 0.15) is 51.2 Å². The number of hydrogen-bond acceptors (Lipinski definition) is 6. The van der Waals surface area contributed by atoms with Gasteiger partial charge >= 0.3 is 0 Å². The molecule has 3 aromatic heterocycles. The van der Waals surface area contributed by atoms with Gasteiger partial charge in [-0.2, -0.15) is 0 Å². The van der Waals surface area contributed by atoms with Crippen LogP contribution in [0.2, 0.25) is 0 Å². The van der Waals surface area contributed by atoms with Crippen molar-refractivity contribution in [3.8, 4) is 0 Å². The molecule has 1 fully saturated rings. The number of nitrogens with zero attached hydrogens (tertiary/aromatic N) is 3. The molecule has 9 heteroatoms. The molecular formula is C23H21FN4O3S. The fourth-order valence-electron chi connectivity index (χ4n) is 4.23. The average Bonchev–Trinajstić information content (AvgIpc) is 3.39. The SMILES string of the molecule is Cc1c(C(=O)N2CCCC(c3ncc(Cc4cccc(F)c4)o3)C2)sc2nc[nH]c(=O)c12. The molecule has 0 spiro atoms. The topological polar surface area (TPSA) is 92.1 Å². The number of H-pyrrole nitrogens is 1. The number of benzene rings is 1. The standard InChI is InChI=1S/C23H21FN4O3S/c1-13-18-20(29)26-12-27-22(18)32-19(13)23(30)28-7-3-5-15(11-28)21-25-10-17(31-21)9-14-4-2-6-16(24)8-14/h2,4,6,8,10,12,15H,3,5,7,9,11H2,1H3,(H,26,27,29). The minimum absolute atomic E-state index is 0.00910. The van der Waals surface area contributed by atoms with Crippen LogP contribution in [0.5, 0.6) is 0 Å². The molecule has 0 saturated carbocycles. The van der Waals surface area contributed by atoms with Crippen molar-refractivity contribution in [1.29, 1.82) is 0 Å². The molecule has 4 heterocycles. The number of carbonyl (C=O) groups is 1. The predicted octanol–water partition coefficient (Wildman–Crippen LogP) is 4.03. The third-order valence-electron chi connectivity index (χ3n) is 5.82. The number of aromatic amines is 1. The van der Waals surface area contributed by atoms with Crippen LogP contribution >= 0.6 is 11.3 Å². The number of halogens is 1. The van der Waals surface area contributed by atoms with Crippen molar-refractivity contribution in [2.75, 3.05) is 13.1 Å². The Kier molecular flexibility index (Phi) is 5.34. The van der Waals surface area contributed by atoms with E-state index < -0.39 is 0 Å². The summed E-state index contributed by atoms with van der Waals surface area (Å²) >= 11 is 1.25. The van der Waals surface area contributed by atoms with Crippen LogP contribution < -0.4 is 5.56 Å². The lowest BCUT2D eigenvalue weighted by Crippen LogP contribution is -2.39. The van der Waals surface area contributed by atoms with Gasteiger partial charge in [-0.25, -0.2) is 14.4 Å². The van der Waals surface area contributed by atoms with E-state index in [4.69, 9.17) is 4.42 Å². The van der Waals surface area contributed by atoms with Gasteiger partial charge in [0.05, 0.1) is 28.7 Å². The number of oxazole rings is 1. The highest BCUT2D eigenvalue weighted by Crippen LogP contribution is 2.32. The fraction of sp³-hybridized carbons (Fsp3) is 0.304. The van der Waals surface area contributed by atoms with Gasteiger partial charge in [-0.1, -0.05) is 12.1 Å². The van der Waals surface area contributed by atoms with Crippen LogP contribution in [0.15, 0.2) is 46.0 Å². The number of amides is 1. The molecule has 1 N–H and O–H groups in total. The maximum absolute atomic E-state index is 13.4. The molecule has 0 radical (unpaired) electrons. The van der Waals surface area contributed by atoms with Gasteiger partial charge in [0.1, 0.15) is 16.4 Å². The molecule has 164 valence electrons. The van der Waals surface area contributed by atoms with E-state index in [1.54, 1.807) is 24.1 Å². The van der Waals surface area contributed by atoms with Gasteiger partial charge in [0.15, 0.2) is 5.89 Å². The van der Waals surface area contributed by atoms with Crippen molar-refractivity contribution < 1.29 is 13.6 Å². The highest BCUT2D eigenvalue weighted by atomic mass is 32.1. The number of piperidine rings is 1. The third-order valence-corrected chi connectivity index (χ3v) is 7.01. The van der Waals surface area contributed by atoms with Gasteiger partial charge in [0, 0.05) is 19.5 Å². The normalized spacial score (nSPS) is 16.6. The molecule has 1 aromatic carbocycles. The Hall–Kier alpha value is -3.33. The number of aryl methyl sites for hydroxylation is 1. The van der Waals surface area contributed by atoms with Crippen LogP contribution in [-0.2, 0) is 6.42 Å². The lowest BCUT2D eigenvalue weighted by atomic mass is 9.97. The first-order valence-electron chi connectivity index (χ1n) is 10.4. The molecular weight excluding hydrogens is 431 g/mol. The van der Waals surface area contributed by atoms with Crippen molar-refractivity contribution in [3.63, 3.8) is 0 Å². The van der Waals surface area contributed by atoms with E-state index in [1.807, 2.05) is 6.07 Å². The quantitative estimate of drug-likeness (QED) is 0.505. The lowest BCUT2D eigenvalue weighted by molar-refractivity contribution is 0.0702. The Morgan fingerprint density at radius 2 is 2.25 bits per heavy atom. The monoisotopic (exact) mass is 452 g/mol. The molecule has 0 aliphatic carbocycles. The van der Waals surface area contributed by atoms with Gasteiger partial charge in [0.25, 0.3) is 11.5 Å². The Balaban J connectivity index is 1.33. The molecule has 7 nitrogen and oxygen atoms in total. The summed E-state index contributed by atoms with van der Waals surface area (Å²) in [5.41, 5.74) is 1.25. The van der Waals surface area contributed by atoms with Crippen molar-refractivity contribution in [2.45, 2.75) is 32.1 Å². The van der Waals surface area contributed by atoms with Crippen LogP contribution in [0.3, 0.4) is 0 Å². The zero-order valence-corrected chi connectivity index (χ0v) is 18.2. The first-order valence-corrected chi connectivity index (χ1v) is 11.3. The number of nitrogens with one attached hydrogen (secondary N) is 1. The van der Waals surface area contributed by atoms with E-state index in [9.17, 15) is 14.0 Å². The van der Waals surface area contributed by atoms with E-state index >= 15 is 0 Å². The molecule has 0 bridgehead atoms. The summed E-state index contributed by atoms with van der Waals surface area (Å²) in [7, 11) is 0. The molecule has 1 saturated heterocycles. The minimum atomic E-state index is -0.280. The van der Waals surface area contributed by atoms with E-state index in [0.717, 1.165) is 18.4 Å². The van der Waals surface area contributed by atoms with E-state index in [-0.39, 0.29) is 23.2 Å². The second-order valence-electron chi connectivity index (χ2n) is 8.03. The van der Waals surface area contributed by atoms with Crippen molar-refractivity contribution in [1.82, 2.24) is 19.9 Å². The molecule has 1 aliphatic rings. The van der Waals surface area contributed by atoms with E-state index in [2.05, 4.69) is 15.0 Å². The highest BCUT2D eigenvalue weighted by Gasteiger charge is 2.30. The van der Waals surface area contributed by atoms with Gasteiger partial charge in [-0.15, -0.1) is 11.3 Å². The maximum Gasteiger partial charge on any atom is 0.264 e. The largest absolute Gasteiger partial charge is 0.445 e. The van der Waals surface area contributed by atoms with E-state index in [1.165, 1.54) is 29.8 Å². The minimum Gasteiger partial charge on any atom is -0.445 e. The summed E-state index contributed by atoms with van der Waals surface area (Å²) in [5, 5.41) is 0.476. The molecule has 1 aliphatic heterocycles. The Labute approximate surface area is 186 Å². The molecule has 1 unspecified atom stereocenters. The smallest absolute Gasteiger partial charge is 0.264 e. The van der Waals surface area contributed by atoms with E-state index in [0.29, 0.717) is 51.8 Å². The summed E-state index contributed by atoms with van der Waals surface area (Å²) in [4.78, 5) is 39.5. The summed E-state index contributed by atoms with van der Waals surface area (Å²) in [6, 6.07) is 6.41. The van der Waals surface area contributed by atoms with Gasteiger partial charge in [0.2, 0.25) is 0 Å². The number of carbonyl (C=O) groups excluding carboxylic acids is 1. The first-order chi connectivity index (χ1) is 15.5. The van der Waals surface area contributed by atoms with Crippen molar-refractivity contribution >= 4 is 27.5 Å². The summed E-state index contributed by atoms with van der Waals surface area (Å²) in [6.07, 6.45) is 5.20. The second kappa shape index (κ2) is 8.31. The Morgan fingerprint density at radius 1 is 1.38 bits per heavy atom. The Morgan fingerprint density at radius 3 is 3.06 bits per heavy atom. The third kappa shape index (κ3) is 3.84. The summed E-state index contributed by atoms with van der Waals surface area (Å²) in [5.74, 6) is 0.878. The molecule has 1 atom stereocenters. The number of aromatic nitrogens is 3. The predicted molar refractivity (Wildman–Crippen MR) is 119 cm³/mol. The highest BCUT2D eigenvalue weighted by molar-refractivity contribution is 7.20. The second-order valence-corrected chi connectivity index (χ2v) is 9.03. The fourth-order valence-corrected chi connectivity index (χ4v) is 5.35. The zero-order valence-electron chi connectivity index (χ0n) is 17.4. The van der Waals surface area contributed by atoms with Gasteiger partial charge in [-0.05, 0) is 43.0 Å². The van der Waals surface area contributed by atoms with Crippen LogP contribution in [-0.4, -0.2) is 38.8 Å². The number of fused-ring (bicyclic) bond motifs is 1.